The number of rotatable bonds is 3. The maximum absolute atomic E-state index is 12.6. The zero-order chi connectivity index (χ0) is 17.2. The Morgan fingerprint density at radius 3 is 2.80 bits per heavy atom. The highest BCUT2D eigenvalue weighted by Gasteiger charge is 2.34. The van der Waals surface area contributed by atoms with Crippen molar-refractivity contribution >= 4 is 16.8 Å². The predicted octanol–water partition coefficient (Wildman–Crippen LogP) is 3.15. The molecule has 1 amide bonds. The molecule has 2 aliphatic carbocycles. The molecule has 2 aromatic rings. The van der Waals surface area contributed by atoms with Gasteiger partial charge in [0.05, 0.1) is 17.4 Å². The molecule has 0 spiro atoms. The van der Waals surface area contributed by atoms with Crippen LogP contribution in [0.15, 0.2) is 29.1 Å². The third-order valence-electron chi connectivity index (χ3n) is 6.00. The number of nitrogens with zero attached hydrogens (tertiary/aromatic N) is 1. The van der Waals surface area contributed by atoms with E-state index in [9.17, 15) is 9.59 Å². The average molecular weight is 339 g/mol. The molecule has 5 nitrogen and oxygen atoms in total. The highest BCUT2D eigenvalue weighted by molar-refractivity contribution is 5.79. The van der Waals surface area contributed by atoms with Gasteiger partial charge in [0.2, 0.25) is 5.91 Å². The van der Waals surface area contributed by atoms with Crippen molar-refractivity contribution in [1.82, 2.24) is 15.3 Å². The zero-order valence-electron chi connectivity index (χ0n) is 14.5. The Balaban J connectivity index is 1.39. The highest BCUT2D eigenvalue weighted by atomic mass is 16.2. The second kappa shape index (κ2) is 6.98. The Hall–Kier alpha value is -2.17. The van der Waals surface area contributed by atoms with Gasteiger partial charge in [0.1, 0.15) is 5.82 Å². The van der Waals surface area contributed by atoms with E-state index in [2.05, 4.69) is 15.3 Å². The maximum Gasteiger partial charge on any atom is 0.258 e. The van der Waals surface area contributed by atoms with Crippen molar-refractivity contribution in [3.63, 3.8) is 0 Å². The van der Waals surface area contributed by atoms with Crippen molar-refractivity contribution < 1.29 is 4.79 Å². The van der Waals surface area contributed by atoms with E-state index in [-0.39, 0.29) is 23.9 Å². The van der Waals surface area contributed by atoms with Crippen LogP contribution in [0, 0.1) is 17.8 Å². The van der Waals surface area contributed by atoms with E-state index < -0.39 is 0 Å². The van der Waals surface area contributed by atoms with Gasteiger partial charge in [-0.25, -0.2) is 4.98 Å². The van der Waals surface area contributed by atoms with E-state index in [1.54, 1.807) is 6.07 Å². The number of hydrogen-bond donors (Lipinski definition) is 2. The van der Waals surface area contributed by atoms with Crippen LogP contribution in [0.5, 0.6) is 0 Å². The van der Waals surface area contributed by atoms with Gasteiger partial charge >= 0.3 is 0 Å². The first-order valence-electron chi connectivity index (χ1n) is 9.46. The summed E-state index contributed by atoms with van der Waals surface area (Å²) < 4.78 is 0. The first-order chi connectivity index (χ1) is 12.2. The van der Waals surface area contributed by atoms with Gasteiger partial charge in [0.25, 0.3) is 5.56 Å². The Morgan fingerprint density at radius 1 is 1.12 bits per heavy atom. The number of para-hydroxylation sites is 1. The number of benzene rings is 1. The SMILES string of the molecule is O=C(NCc1nc2ccccc2c(=O)[nH]1)[C@@H]1CC[C@@H]2CCCC[C@H]2C1. The number of amides is 1. The topological polar surface area (TPSA) is 74.8 Å². The molecule has 0 unspecified atom stereocenters. The molecule has 4 rings (SSSR count). The second-order valence-electron chi connectivity index (χ2n) is 7.56. The minimum Gasteiger partial charge on any atom is -0.349 e. The van der Waals surface area contributed by atoms with E-state index in [0.29, 0.717) is 16.7 Å². The molecule has 25 heavy (non-hydrogen) atoms. The Bertz CT molecular complexity index is 829. The van der Waals surface area contributed by atoms with E-state index in [0.717, 1.165) is 24.7 Å². The smallest absolute Gasteiger partial charge is 0.258 e. The molecule has 2 N–H and O–H groups in total. The summed E-state index contributed by atoms with van der Waals surface area (Å²) in [5.74, 6) is 2.32. The summed E-state index contributed by atoms with van der Waals surface area (Å²) in [6.07, 6.45) is 8.52. The van der Waals surface area contributed by atoms with E-state index >= 15 is 0 Å². The molecule has 1 heterocycles. The third kappa shape index (κ3) is 3.46. The molecule has 2 aliphatic rings. The van der Waals surface area contributed by atoms with Gasteiger partial charge in [0.15, 0.2) is 0 Å². The van der Waals surface area contributed by atoms with Gasteiger partial charge in [-0.3, -0.25) is 9.59 Å². The molecule has 2 saturated carbocycles. The Kier molecular flexibility index (Phi) is 4.55. The van der Waals surface area contributed by atoms with Crippen molar-refractivity contribution in [2.75, 3.05) is 0 Å². The summed E-state index contributed by atoms with van der Waals surface area (Å²) in [5, 5.41) is 3.56. The predicted molar refractivity (Wildman–Crippen MR) is 97.0 cm³/mol. The summed E-state index contributed by atoms with van der Waals surface area (Å²) >= 11 is 0. The van der Waals surface area contributed by atoms with E-state index in [1.165, 1.54) is 32.1 Å². The summed E-state index contributed by atoms with van der Waals surface area (Å²) in [7, 11) is 0. The first-order valence-corrected chi connectivity index (χ1v) is 9.46. The normalized spacial score (nSPS) is 26.2. The van der Waals surface area contributed by atoms with Crippen molar-refractivity contribution in [1.29, 1.82) is 0 Å². The fourth-order valence-electron chi connectivity index (χ4n) is 4.65. The average Bonchev–Trinajstić information content (AvgIpc) is 2.66. The van der Waals surface area contributed by atoms with Crippen molar-refractivity contribution in [2.24, 2.45) is 17.8 Å². The molecule has 3 atom stereocenters. The van der Waals surface area contributed by atoms with Gasteiger partial charge in [-0.15, -0.1) is 0 Å². The van der Waals surface area contributed by atoms with Crippen molar-refractivity contribution in [2.45, 2.75) is 51.5 Å². The van der Waals surface area contributed by atoms with Gasteiger partial charge < -0.3 is 10.3 Å². The van der Waals surface area contributed by atoms with Gasteiger partial charge in [-0.2, -0.15) is 0 Å². The molecule has 5 heteroatoms. The summed E-state index contributed by atoms with van der Waals surface area (Å²) in [6.45, 7) is 0.281. The summed E-state index contributed by atoms with van der Waals surface area (Å²) in [6, 6.07) is 7.26. The molecule has 0 radical (unpaired) electrons. The quantitative estimate of drug-likeness (QED) is 0.902. The van der Waals surface area contributed by atoms with Crippen LogP contribution in [0.1, 0.15) is 50.8 Å². The fraction of sp³-hybridized carbons (Fsp3) is 0.550. The van der Waals surface area contributed by atoms with Crippen LogP contribution < -0.4 is 10.9 Å². The fourth-order valence-corrected chi connectivity index (χ4v) is 4.65. The van der Waals surface area contributed by atoms with Gasteiger partial charge in [-0.1, -0.05) is 37.8 Å². The molecule has 2 fully saturated rings. The lowest BCUT2D eigenvalue weighted by Gasteiger charge is -2.38. The first kappa shape index (κ1) is 16.3. The van der Waals surface area contributed by atoms with Crippen LogP contribution in [-0.2, 0) is 11.3 Å². The molecule has 1 aromatic heterocycles. The molecule has 132 valence electrons. The Morgan fingerprint density at radius 2 is 1.92 bits per heavy atom. The zero-order valence-corrected chi connectivity index (χ0v) is 14.5. The summed E-state index contributed by atoms with van der Waals surface area (Å²) in [4.78, 5) is 31.9. The maximum atomic E-state index is 12.6. The van der Waals surface area contributed by atoms with Crippen LogP contribution in [0.2, 0.25) is 0 Å². The van der Waals surface area contributed by atoms with E-state index in [4.69, 9.17) is 0 Å². The number of carbonyl (C=O) groups excluding carboxylic acids is 1. The lowest BCUT2D eigenvalue weighted by atomic mass is 9.67. The second-order valence-corrected chi connectivity index (χ2v) is 7.56. The van der Waals surface area contributed by atoms with Crippen LogP contribution in [0.3, 0.4) is 0 Å². The van der Waals surface area contributed by atoms with Crippen molar-refractivity contribution in [3.8, 4) is 0 Å². The van der Waals surface area contributed by atoms with Crippen LogP contribution in [0.4, 0.5) is 0 Å². The standard InChI is InChI=1S/C20H25N3O2/c24-19(15-10-9-13-5-1-2-6-14(13)11-15)21-12-18-22-17-8-4-3-7-16(17)20(25)23-18/h3-4,7-8,13-15H,1-2,5-6,9-12H2,(H,21,24)(H,22,23,25)/t13-,14-,15+/m0/s1. The number of fused-ring (bicyclic) bond motifs is 2. The highest BCUT2D eigenvalue weighted by Crippen LogP contribution is 2.42. The summed E-state index contributed by atoms with van der Waals surface area (Å²) in [5.41, 5.74) is 0.510. The number of aromatic amines is 1. The van der Waals surface area contributed by atoms with Crippen LogP contribution in [0.25, 0.3) is 10.9 Å². The van der Waals surface area contributed by atoms with E-state index in [1.807, 2.05) is 18.2 Å². The molecule has 0 aliphatic heterocycles. The molecular weight excluding hydrogens is 314 g/mol. The molecule has 1 aromatic carbocycles. The minimum atomic E-state index is -0.155. The van der Waals surface area contributed by atoms with Gasteiger partial charge in [0, 0.05) is 5.92 Å². The number of H-pyrrole nitrogens is 1. The minimum absolute atomic E-state index is 0.111. The lowest BCUT2D eigenvalue weighted by Crippen LogP contribution is -2.37. The third-order valence-corrected chi connectivity index (χ3v) is 6.00. The molecule has 0 bridgehead atoms. The largest absolute Gasteiger partial charge is 0.349 e. The number of aromatic nitrogens is 2. The molecule has 0 saturated heterocycles. The lowest BCUT2D eigenvalue weighted by molar-refractivity contribution is -0.127. The number of nitrogens with one attached hydrogen (secondary N) is 2. The Labute approximate surface area is 147 Å². The van der Waals surface area contributed by atoms with Crippen LogP contribution in [-0.4, -0.2) is 15.9 Å². The van der Waals surface area contributed by atoms with Crippen molar-refractivity contribution in [3.05, 3.63) is 40.4 Å². The number of hydrogen-bond acceptors (Lipinski definition) is 3. The monoisotopic (exact) mass is 339 g/mol. The number of carbonyl (C=O) groups is 1. The van der Waals surface area contributed by atoms with Crippen LogP contribution >= 0.6 is 0 Å². The van der Waals surface area contributed by atoms with Gasteiger partial charge in [-0.05, 0) is 43.2 Å². The molecular formula is C20H25N3O2.